The average Bonchev–Trinajstić information content (AvgIpc) is 2.40. The Morgan fingerprint density at radius 3 is 2.25 bits per heavy atom. The number of halogens is 2. The van der Waals surface area contributed by atoms with Gasteiger partial charge in [-0.15, -0.1) is 0 Å². The lowest BCUT2D eigenvalue weighted by Crippen LogP contribution is -2.30. The Bertz CT molecular complexity index is 910. The van der Waals surface area contributed by atoms with Crippen molar-refractivity contribution in [3.63, 3.8) is 0 Å². The first-order valence-electron chi connectivity index (χ1n) is 5.67. The van der Waals surface area contributed by atoms with Gasteiger partial charge in [0.05, 0.1) is 11.1 Å². The molecule has 6 heteroatoms. The average molecular weight is 308 g/mol. The Kier molecular flexibility index (Phi) is 3.12. The molecule has 0 N–H and O–H groups in total. The van der Waals surface area contributed by atoms with E-state index in [4.69, 9.17) is 27.6 Å². The molecular formula is C14H7Cl2NO3. The van der Waals surface area contributed by atoms with E-state index in [9.17, 15) is 9.59 Å². The Morgan fingerprint density at radius 1 is 0.900 bits per heavy atom. The second kappa shape index (κ2) is 4.81. The third-order valence-electron chi connectivity index (χ3n) is 2.84. The summed E-state index contributed by atoms with van der Waals surface area (Å²) >= 11 is 11.6. The summed E-state index contributed by atoms with van der Waals surface area (Å²) in [6, 6.07) is 10.9. The molecule has 4 nitrogen and oxygen atoms in total. The van der Waals surface area contributed by atoms with Crippen LogP contribution in [0.15, 0.2) is 56.5 Å². The largest absolute Gasteiger partial charge is 0.426 e. The standard InChI is InChI=1S/C14H7Cl2NO3/c15-8-1-4-10(5-2-8)17-13(18)11-6-3-9(16)7-12(11)20-14(17)19/h1-7H. The van der Waals surface area contributed by atoms with E-state index in [1.165, 1.54) is 12.1 Å². The van der Waals surface area contributed by atoms with Gasteiger partial charge in [0, 0.05) is 16.1 Å². The second-order valence-electron chi connectivity index (χ2n) is 4.13. The molecule has 0 aliphatic rings. The topological polar surface area (TPSA) is 52.2 Å². The summed E-state index contributed by atoms with van der Waals surface area (Å²) in [7, 11) is 0. The number of hydrogen-bond donors (Lipinski definition) is 0. The number of hydrogen-bond acceptors (Lipinski definition) is 3. The number of fused-ring (bicyclic) bond motifs is 1. The minimum Gasteiger partial charge on any atom is -0.409 e. The van der Waals surface area contributed by atoms with Crippen LogP contribution in [0.5, 0.6) is 0 Å². The van der Waals surface area contributed by atoms with Crippen molar-refractivity contribution in [1.29, 1.82) is 0 Å². The van der Waals surface area contributed by atoms with Crippen LogP contribution in [-0.2, 0) is 0 Å². The van der Waals surface area contributed by atoms with Gasteiger partial charge in [-0.2, -0.15) is 0 Å². The monoisotopic (exact) mass is 307 g/mol. The molecular weight excluding hydrogens is 301 g/mol. The highest BCUT2D eigenvalue weighted by atomic mass is 35.5. The Labute approximate surface area is 122 Å². The fourth-order valence-corrected chi connectivity index (χ4v) is 2.20. The number of rotatable bonds is 1. The van der Waals surface area contributed by atoms with Gasteiger partial charge in [-0.05, 0) is 36.4 Å². The molecule has 0 radical (unpaired) electrons. The summed E-state index contributed by atoms with van der Waals surface area (Å²) in [6.07, 6.45) is 0. The molecule has 0 saturated carbocycles. The van der Waals surface area contributed by atoms with Crippen LogP contribution >= 0.6 is 23.2 Å². The molecule has 0 bridgehead atoms. The summed E-state index contributed by atoms with van der Waals surface area (Å²) in [4.78, 5) is 24.3. The van der Waals surface area contributed by atoms with E-state index < -0.39 is 11.3 Å². The molecule has 0 saturated heterocycles. The predicted octanol–water partition coefficient (Wildman–Crippen LogP) is 3.25. The van der Waals surface area contributed by atoms with E-state index in [1.54, 1.807) is 30.3 Å². The van der Waals surface area contributed by atoms with Crippen LogP contribution < -0.4 is 11.3 Å². The van der Waals surface area contributed by atoms with Crippen LogP contribution in [0.1, 0.15) is 0 Å². The van der Waals surface area contributed by atoms with Crippen molar-refractivity contribution in [3.05, 3.63) is 73.4 Å². The van der Waals surface area contributed by atoms with Gasteiger partial charge in [-0.1, -0.05) is 23.2 Å². The zero-order chi connectivity index (χ0) is 14.3. The minimum absolute atomic E-state index is 0.165. The van der Waals surface area contributed by atoms with Gasteiger partial charge in [-0.3, -0.25) is 4.79 Å². The highest BCUT2D eigenvalue weighted by Crippen LogP contribution is 2.16. The molecule has 0 atom stereocenters. The van der Waals surface area contributed by atoms with Gasteiger partial charge >= 0.3 is 5.76 Å². The molecule has 1 heterocycles. The van der Waals surface area contributed by atoms with Gasteiger partial charge in [-0.25, -0.2) is 9.36 Å². The quantitative estimate of drug-likeness (QED) is 0.693. The van der Waals surface area contributed by atoms with E-state index in [2.05, 4.69) is 0 Å². The Morgan fingerprint density at radius 2 is 1.55 bits per heavy atom. The van der Waals surface area contributed by atoms with Crippen molar-refractivity contribution in [3.8, 4) is 5.69 Å². The maximum absolute atomic E-state index is 12.4. The van der Waals surface area contributed by atoms with Crippen LogP contribution in [0, 0.1) is 0 Å². The van der Waals surface area contributed by atoms with Crippen LogP contribution in [0.4, 0.5) is 0 Å². The fourth-order valence-electron chi connectivity index (χ4n) is 1.91. The molecule has 3 rings (SSSR count). The highest BCUT2D eigenvalue weighted by molar-refractivity contribution is 6.31. The van der Waals surface area contributed by atoms with E-state index >= 15 is 0 Å². The summed E-state index contributed by atoms with van der Waals surface area (Å²) in [5.74, 6) is -0.771. The normalized spacial score (nSPS) is 10.9. The molecule has 0 unspecified atom stereocenters. The number of benzene rings is 2. The summed E-state index contributed by atoms with van der Waals surface area (Å²) in [5, 5.41) is 1.19. The van der Waals surface area contributed by atoms with Crippen molar-refractivity contribution in [2.75, 3.05) is 0 Å². The molecule has 0 fully saturated rings. The molecule has 3 aromatic rings. The lowest BCUT2D eigenvalue weighted by atomic mass is 10.2. The van der Waals surface area contributed by atoms with Crippen molar-refractivity contribution in [2.45, 2.75) is 0 Å². The van der Waals surface area contributed by atoms with Crippen LogP contribution in [0.2, 0.25) is 10.0 Å². The third kappa shape index (κ3) is 2.13. The van der Waals surface area contributed by atoms with Crippen LogP contribution in [0.3, 0.4) is 0 Å². The molecule has 1 aromatic heterocycles. The van der Waals surface area contributed by atoms with Gasteiger partial charge in [0.1, 0.15) is 5.58 Å². The fraction of sp³-hybridized carbons (Fsp3) is 0. The maximum atomic E-state index is 12.4. The summed E-state index contributed by atoms with van der Waals surface area (Å²) < 4.78 is 6.08. The number of aromatic nitrogens is 1. The van der Waals surface area contributed by atoms with E-state index in [0.717, 1.165) is 4.57 Å². The SMILES string of the molecule is O=c1oc2cc(Cl)ccc2c(=O)n1-c1ccc(Cl)cc1. The first-order valence-corrected chi connectivity index (χ1v) is 6.43. The lowest BCUT2D eigenvalue weighted by molar-refractivity contribution is 0.504. The van der Waals surface area contributed by atoms with E-state index in [0.29, 0.717) is 15.7 Å². The second-order valence-corrected chi connectivity index (χ2v) is 5.00. The van der Waals surface area contributed by atoms with Crippen molar-refractivity contribution in [1.82, 2.24) is 4.57 Å². The molecule has 100 valence electrons. The van der Waals surface area contributed by atoms with Gasteiger partial charge in [0.2, 0.25) is 0 Å². The predicted molar refractivity (Wildman–Crippen MR) is 78.1 cm³/mol. The Hall–Kier alpha value is -2.04. The maximum Gasteiger partial charge on any atom is 0.426 e. The highest BCUT2D eigenvalue weighted by Gasteiger charge is 2.11. The molecule has 0 aliphatic heterocycles. The van der Waals surface area contributed by atoms with E-state index in [-0.39, 0.29) is 11.0 Å². The number of nitrogens with zero attached hydrogens (tertiary/aromatic N) is 1. The molecule has 0 spiro atoms. The summed E-state index contributed by atoms with van der Waals surface area (Å²) in [5.41, 5.74) is 0.0953. The van der Waals surface area contributed by atoms with Gasteiger partial charge in [0.15, 0.2) is 0 Å². The molecule has 20 heavy (non-hydrogen) atoms. The Balaban J connectivity index is 2.37. The van der Waals surface area contributed by atoms with Crippen LogP contribution in [0.25, 0.3) is 16.7 Å². The van der Waals surface area contributed by atoms with E-state index in [1.807, 2.05) is 0 Å². The first-order chi connectivity index (χ1) is 9.56. The van der Waals surface area contributed by atoms with Crippen LogP contribution in [-0.4, -0.2) is 4.57 Å². The molecule has 0 amide bonds. The zero-order valence-corrected chi connectivity index (χ0v) is 11.5. The van der Waals surface area contributed by atoms with Gasteiger partial charge in [0.25, 0.3) is 5.56 Å². The third-order valence-corrected chi connectivity index (χ3v) is 3.33. The molecule has 0 aliphatic carbocycles. The van der Waals surface area contributed by atoms with Crippen molar-refractivity contribution < 1.29 is 4.42 Å². The molecule has 2 aromatic carbocycles. The first kappa shape index (κ1) is 13.0. The van der Waals surface area contributed by atoms with Crippen molar-refractivity contribution in [2.24, 2.45) is 0 Å². The zero-order valence-electron chi connectivity index (χ0n) is 9.97. The smallest absolute Gasteiger partial charge is 0.409 e. The van der Waals surface area contributed by atoms with Gasteiger partial charge < -0.3 is 4.42 Å². The minimum atomic E-state index is -0.771. The summed E-state index contributed by atoms with van der Waals surface area (Å²) in [6.45, 7) is 0. The van der Waals surface area contributed by atoms with Crippen molar-refractivity contribution >= 4 is 34.2 Å². The lowest BCUT2D eigenvalue weighted by Gasteiger charge is -2.05.